The van der Waals surface area contributed by atoms with Crippen LogP contribution in [-0.2, 0) is 9.59 Å². The lowest BCUT2D eigenvalue weighted by molar-refractivity contribution is -0.125. The predicted molar refractivity (Wildman–Crippen MR) is 61.9 cm³/mol. The monoisotopic (exact) mass is 227 g/mol. The van der Waals surface area contributed by atoms with Gasteiger partial charge in [-0.05, 0) is 6.42 Å². The number of carbonyl (C=O) groups excluding carboxylic acids is 2. The highest BCUT2D eigenvalue weighted by Crippen LogP contribution is 2.02. The van der Waals surface area contributed by atoms with Gasteiger partial charge in [-0.3, -0.25) is 9.59 Å². The fraction of sp³-hybridized carbons (Fsp3) is 0.818. The fourth-order valence-corrected chi connectivity index (χ4v) is 1.63. The Balaban J connectivity index is 2.12. The maximum atomic E-state index is 11.5. The molecule has 0 bridgehead atoms. The first kappa shape index (κ1) is 13.0. The summed E-state index contributed by atoms with van der Waals surface area (Å²) >= 11 is 0. The van der Waals surface area contributed by atoms with Gasteiger partial charge in [-0.1, -0.05) is 13.8 Å². The highest BCUT2D eigenvalue weighted by molar-refractivity contribution is 5.79. The van der Waals surface area contributed by atoms with Crippen LogP contribution in [-0.4, -0.2) is 37.0 Å². The lowest BCUT2D eigenvalue weighted by Gasteiger charge is -2.23. The lowest BCUT2D eigenvalue weighted by atomic mass is 10.1. The van der Waals surface area contributed by atoms with Crippen molar-refractivity contribution < 1.29 is 9.59 Å². The zero-order valence-corrected chi connectivity index (χ0v) is 10.0. The van der Waals surface area contributed by atoms with E-state index < -0.39 is 0 Å². The Morgan fingerprint density at radius 3 is 2.88 bits per heavy atom. The molecule has 5 nitrogen and oxygen atoms in total. The van der Waals surface area contributed by atoms with Crippen LogP contribution in [0.4, 0.5) is 0 Å². The normalized spacial score (nSPS) is 20.7. The van der Waals surface area contributed by atoms with Crippen LogP contribution in [0.2, 0.25) is 0 Å². The molecule has 1 rings (SSSR count). The van der Waals surface area contributed by atoms with E-state index in [1.54, 1.807) is 0 Å². The maximum Gasteiger partial charge on any atom is 0.221 e. The molecule has 1 fully saturated rings. The van der Waals surface area contributed by atoms with E-state index in [4.69, 9.17) is 0 Å². The van der Waals surface area contributed by atoms with E-state index in [1.807, 2.05) is 0 Å². The molecule has 0 radical (unpaired) electrons. The number of hydrogen-bond acceptors (Lipinski definition) is 3. The van der Waals surface area contributed by atoms with Crippen molar-refractivity contribution in [3.8, 4) is 0 Å². The molecule has 1 aliphatic heterocycles. The second kappa shape index (κ2) is 6.48. The summed E-state index contributed by atoms with van der Waals surface area (Å²) < 4.78 is 0. The molecule has 0 saturated carbocycles. The first-order valence-electron chi connectivity index (χ1n) is 5.87. The molecule has 0 aromatic heterocycles. The van der Waals surface area contributed by atoms with Crippen LogP contribution in [0.5, 0.6) is 0 Å². The second-order valence-corrected chi connectivity index (χ2v) is 4.47. The molecular weight excluding hydrogens is 206 g/mol. The standard InChI is InChI=1S/C11H21N3O2/c1-8(2)12-6-5-11(16)14-9-3-4-10(15)13-7-9/h8-9,12H,3-7H2,1-2H3,(H,13,15)(H,14,16). The average molecular weight is 227 g/mol. The van der Waals surface area contributed by atoms with Gasteiger partial charge in [0.15, 0.2) is 0 Å². The Morgan fingerprint density at radius 1 is 1.56 bits per heavy atom. The van der Waals surface area contributed by atoms with Crippen LogP contribution < -0.4 is 16.0 Å². The highest BCUT2D eigenvalue weighted by atomic mass is 16.2. The van der Waals surface area contributed by atoms with Crippen LogP contribution in [0.25, 0.3) is 0 Å². The summed E-state index contributed by atoms with van der Waals surface area (Å²) in [6.45, 7) is 5.36. The van der Waals surface area contributed by atoms with Gasteiger partial charge in [0.1, 0.15) is 0 Å². The summed E-state index contributed by atoms with van der Waals surface area (Å²) in [5.41, 5.74) is 0. The van der Waals surface area contributed by atoms with Gasteiger partial charge in [-0.2, -0.15) is 0 Å². The predicted octanol–water partition coefficient (Wildman–Crippen LogP) is -0.231. The van der Waals surface area contributed by atoms with Crippen molar-refractivity contribution in [2.75, 3.05) is 13.1 Å². The van der Waals surface area contributed by atoms with E-state index >= 15 is 0 Å². The molecule has 3 N–H and O–H groups in total. The SMILES string of the molecule is CC(C)NCCC(=O)NC1CCC(=O)NC1. The van der Waals surface area contributed by atoms with Gasteiger partial charge in [0.2, 0.25) is 11.8 Å². The summed E-state index contributed by atoms with van der Waals surface area (Å²) in [4.78, 5) is 22.4. The van der Waals surface area contributed by atoms with Gasteiger partial charge in [-0.15, -0.1) is 0 Å². The molecule has 2 amide bonds. The third kappa shape index (κ3) is 5.11. The summed E-state index contributed by atoms with van der Waals surface area (Å²) in [6, 6.07) is 0.506. The second-order valence-electron chi connectivity index (χ2n) is 4.47. The van der Waals surface area contributed by atoms with Gasteiger partial charge in [0.05, 0.1) is 0 Å². The molecule has 1 aliphatic rings. The Bertz CT molecular complexity index is 244. The van der Waals surface area contributed by atoms with E-state index in [-0.39, 0.29) is 17.9 Å². The minimum absolute atomic E-state index is 0.0503. The Morgan fingerprint density at radius 2 is 2.31 bits per heavy atom. The van der Waals surface area contributed by atoms with Crippen LogP contribution in [0, 0.1) is 0 Å². The smallest absolute Gasteiger partial charge is 0.221 e. The first-order chi connectivity index (χ1) is 7.58. The Hall–Kier alpha value is -1.10. The third-order valence-corrected chi connectivity index (χ3v) is 2.54. The molecule has 1 atom stereocenters. The summed E-state index contributed by atoms with van der Waals surface area (Å²) in [7, 11) is 0. The molecule has 0 spiro atoms. The van der Waals surface area contributed by atoms with E-state index in [0.717, 1.165) is 6.42 Å². The van der Waals surface area contributed by atoms with E-state index in [0.29, 0.717) is 32.0 Å². The van der Waals surface area contributed by atoms with Crippen molar-refractivity contribution in [2.45, 2.75) is 45.2 Å². The number of hydrogen-bond donors (Lipinski definition) is 3. The number of carbonyl (C=O) groups is 2. The van der Waals surface area contributed by atoms with Crippen molar-refractivity contribution >= 4 is 11.8 Å². The summed E-state index contributed by atoms with van der Waals surface area (Å²) in [6.07, 6.45) is 1.74. The summed E-state index contributed by atoms with van der Waals surface area (Å²) in [5, 5.41) is 8.85. The average Bonchev–Trinajstić information content (AvgIpc) is 2.21. The number of rotatable bonds is 5. The highest BCUT2D eigenvalue weighted by Gasteiger charge is 2.19. The molecule has 5 heteroatoms. The molecule has 1 heterocycles. The minimum Gasteiger partial charge on any atom is -0.354 e. The van der Waals surface area contributed by atoms with Crippen molar-refractivity contribution in [3.63, 3.8) is 0 Å². The van der Waals surface area contributed by atoms with Gasteiger partial charge in [0.25, 0.3) is 0 Å². The minimum atomic E-state index is 0.0503. The van der Waals surface area contributed by atoms with E-state index in [9.17, 15) is 9.59 Å². The Kier molecular flexibility index (Phi) is 5.25. The van der Waals surface area contributed by atoms with Crippen molar-refractivity contribution in [1.29, 1.82) is 0 Å². The molecule has 0 aromatic rings. The molecule has 0 aromatic carbocycles. The zero-order valence-electron chi connectivity index (χ0n) is 10.0. The topological polar surface area (TPSA) is 70.2 Å². The largest absolute Gasteiger partial charge is 0.354 e. The van der Waals surface area contributed by atoms with Crippen LogP contribution in [0.3, 0.4) is 0 Å². The molecule has 16 heavy (non-hydrogen) atoms. The molecular formula is C11H21N3O2. The first-order valence-corrected chi connectivity index (χ1v) is 5.87. The van der Waals surface area contributed by atoms with Crippen LogP contribution in [0.1, 0.15) is 33.1 Å². The molecule has 1 unspecified atom stereocenters. The third-order valence-electron chi connectivity index (χ3n) is 2.54. The van der Waals surface area contributed by atoms with Gasteiger partial charge < -0.3 is 16.0 Å². The molecule has 1 saturated heterocycles. The van der Waals surface area contributed by atoms with Gasteiger partial charge in [0, 0.05) is 38.0 Å². The van der Waals surface area contributed by atoms with Crippen molar-refractivity contribution in [1.82, 2.24) is 16.0 Å². The van der Waals surface area contributed by atoms with E-state index in [2.05, 4.69) is 29.8 Å². The molecule has 0 aliphatic carbocycles. The van der Waals surface area contributed by atoms with E-state index in [1.165, 1.54) is 0 Å². The number of amides is 2. The Labute approximate surface area is 96.4 Å². The molecule has 92 valence electrons. The zero-order chi connectivity index (χ0) is 12.0. The fourth-order valence-electron chi connectivity index (χ4n) is 1.63. The maximum absolute atomic E-state index is 11.5. The number of piperidine rings is 1. The summed E-state index contributed by atoms with van der Waals surface area (Å²) in [5.74, 6) is 0.126. The number of nitrogens with one attached hydrogen (secondary N) is 3. The van der Waals surface area contributed by atoms with Crippen molar-refractivity contribution in [2.24, 2.45) is 0 Å². The van der Waals surface area contributed by atoms with Gasteiger partial charge in [-0.25, -0.2) is 0 Å². The quantitative estimate of drug-likeness (QED) is 0.607. The van der Waals surface area contributed by atoms with Crippen molar-refractivity contribution in [3.05, 3.63) is 0 Å². The van der Waals surface area contributed by atoms with Gasteiger partial charge >= 0.3 is 0 Å². The lowest BCUT2D eigenvalue weighted by Crippen LogP contribution is -2.48. The van der Waals surface area contributed by atoms with Crippen LogP contribution in [0.15, 0.2) is 0 Å². The van der Waals surface area contributed by atoms with Crippen LogP contribution >= 0.6 is 0 Å².